The third-order valence-electron chi connectivity index (χ3n) is 3.69. The lowest BCUT2D eigenvalue weighted by Gasteiger charge is -2.24. The molecule has 1 amide bonds. The fourth-order valence-corrected chi connectivity index (χ4v) is 2.62. The summed E-state index contributed by atoms with van der Waals surface area (Å²) in [4.78, 5) is 26.9. The predicted octanol–water partition coefficient (Wildman–Crippen LogP) is 2.76. The van der Waals surface area contributed by atoms with Crippen LogP contribution in [0, 0.1) is 11.8 Å². The van der Waals surface area contributed by atoms with E-state index in [1.165, 1.54) is 0 Å². The summed E-state index contributed by atoms with van der Waals surface area (Å²) in [5, 5.41) is 0. The number of hydrogen-bond acceptors (Lipinski definition) is 2. The van der Waals surface area contributed by atoms with E-state index in [0.717, 1.165) is 25.9 Å². The Hall–Kier alpha value is -1.64. The van der Waals surface area contributed by atoms with Gasteiger partial charge in [0.25, 0.3) is 0 Å². The molecule has 2 rings (SSSR count). The van der Waals surface area contributed by atoms with Crippen molar-refractivity contribution in [2.75, 3.05) is 13.1 Å². The van der Waals surface area contributed by atoms with Crippen LogP contribution in [0.1, 0.15) is 37.0 Å². The Balaban J connectivity index is 2.20. The first-order chi connectivity index (χ1) is 9.11. The Morgan fingerprint density at radius 2 is 1.63 bits per heavy atom. The molecule has 3 heteroatoms. The fraction of sp³-hybridized carbons (Fsp3) is 0.500. The molecule has 0 aliphatic carbocycles. The highest BCUT2D eigenvalue weighted by molar-refractivity contribution is 6.10. The van der Waals surface area contributed by atoms with E-state index in [0.29, 0.717) is 5.56 Å². The maximum absolute atomic E-state index is 12.5. The number of hydrogen-bond donors (Lipinski definition) is 0. The number of ketones is 1. The molecule has 1 aromatic carbocycles. The van der Waals surface area contributed by atoms with Gasteiger partial charge in [-0.3, -0.25) is 9.59 Å². The van der Waals surface area contributed by atoms with Crippen LogP contribution in [0.25, 0.3) is 0 Å². The largest absolute Gasteiger partial charge is 0.342 e. The summed E-state index contributed by atoms with van der Waals surface area (Å²) in [6, 6.07) is 9.13. The van der Waals surface area contributed by atoms with Gasteiger partial charge in [0, 0.05) is 18.7 Å². The van der Waals surface area contributed by atoms with Gasteiger partial charge in [0.1, 0.15) is 5.92 Å². The van der Waals surface area contributed by atoms with Crippen LogP contribution < -0.4 is 0 Å². The van der Waals surface area contributed by atoms with Gasteiger partial charge in [0.15, 0.2) is 5.78 Å². The lowest BCUT2D eigenvalue weighted by Crippen LogP contribution is -2.40. The van der Waals surface area contributed by atoms with Crippen LogP contribution >= 0.6 is 0 Å². The molecule has 0 aromatic heterocycles. The van der Waals surface area contributed by atoms with E-state index in [1.54, 1.807) is 12.1 Å². The van der Waals surface area contributed by atoms with Crippen LogP contribution in [0.3, 0.4) is 0 Å². The molecule has 1 heterocycles. The van der Waals surface area contributed by atoms with Crippen LogP contribution in [0.2, 0.25) is 0 Å². The van der Waals surface area contributed by atoms with Crippen molar-refractivity contribution in [1.82, 2.24) is 4.90 Å². The molecule has 1 atom stereocenters. The molecule has 19 heavy (non-hydrogen) atoms. The highest BCUT2D eigenvalue weighted by atomic mass is 16.2. The summed E-state index contributed by atoms with van der Waals surface area (Å²) in [6.45, 7) is 5.48. The minimum absolute atomic E-state index is 0.00125. The molecule has 1 aliphatic heterocycles. The summed E-state index contributed by atoms with van der Waals surface area (Å²) in [6.07, 6.45) is 2.10. The third-order valence-corrected chi connectivity index (χ3v) is 3.69. The SMILES string of the molecule is CC(C)C(C(=O)c1ccccc1)C(=O)N1CCCC1. The van der Waals surface area contributed by atoms with Crippen LogP contribution in [0.5, 0.6) is 0 Å². The summed E-state index contributed by atoms with van der Waals surface area (Å²) in [7, 11) is 0. The Bertz CT molecular complexity index is 447. The zero-order chi connectivity index (χ0) is 13.8. The zero-order valence-electron chi connectivity index (χ0n) is 11.6. The molecule has 0 spiro atoms. The summed E-state index contributed by atoms with van der Waals surface area (Å²) >= 11 is 0. The molecular formula is C16H21NO2. The van der Waals surface area contributed by atoms with Crippen molar-refractivity contribution in [3.8, 4) is 0 Å². The highest BCUT2D eigenvalue weighted by Crippen LogP contribution is 2.22. The average Bonchev–Trinajstić information content (AvgIpc) is 2.93. The lowest BCUT2D eigenvalue weighted by molar-refractivity contribution is -0.134. The van der Waals surface area contributed by atoms with Gasteiger partial charge in [0.05, 0.1) is 0 Å². The quantitative estimate of drug-likeness (QED) is 0.616. The van der Waals surface area contributed by atoms with Crippen molar-refractivity contribution in [1.29, 1.82) is 0 Å². The van der Waals surface area contributed by atoms with Gasteiger partial charge in [-0.25, -0.2) is 0 Å². The molecule has 1 aliphatic rings. The molecular weight excluding hydrogens is 238 g/mol. The number of likely N-dealkylation sites (tertiary alicyclic amines) is 1. The molecule has 1 unspecified atom stereocenters. The Morgan fingerprint density at radius 3 is 2.16 bits per heavy atom. The number of nitrogens with zero attached hydrogens (tertiary/aromatic N) is 1. The van der Waals surface area contributed by atoms with Gasteiger partial charge in [-0.2, -0.15) is 0 Å². The normalized spacial score (nSPS) is 16.7. The minimum atomic E-state index is -0.541. The van der Waals surface area contributed by atoms with E-state index < -0.39 is 5.92 Å². The second kappa shape index (κ2) is 6.00. The Kier molecular flexibility index (Phi) is 4.35. The number of Topliss-reactive ketones (excluding diaryl/α,β-unsaturated/α-hetero) is 1. The maximum atomic E-state index is 12.5. The van der Waals surface area contributed by atoms with E-state index in [1.807, 2.05) is 36.9 Å². The van der Waals surface area contributed by atoms with Crippen molar-refractivity contribution in [2.24, 2.45) is 11.8 Å². The number of benzene rings is 1. The van der Waals surface area contributed by atoms with Crippen LogP contribution in [-0.2, 0) is 4.79 Å². The lowest BCUT2D eigenvalue weighted by atomic mass is 9.87. The number of amides is 1. The first kappa shape index (κ1) is 13.8. The van der Waals surface area contributed by atoms with E-state index in [2.05, 4.69) is 0 Å². The molecule has 0 saturated carbocycles. The number of rotatable bonds is 4. The zero-order valence-corrected chi connectivity index (χ0v) is 11.6. The fourth-order valence-electron chi connectivity index (χ4n) is 2.62. The predicted molar refractivity (Wildman–Crippen MR) is 74.9 cm³/mol. The second-order valence-electron chi connectivity index (χ2n) is 5.48. The van der Waals surface area contributed by atoms with E-state index in [9.17, 15) is 9.59 Å². The standard InChI is InChI=1S/C16H21NO2/c1-12(2)14(16(19)17-10-6-7-11-17)15(18)13-8-4-3-5-9-13/h3-5,8-9,12,14H,6-7,10-11H2,1-2H3. The molecule has 3 nitrogen and oxygen atoms in total. The third kappa shape index (κ3) is 3.03. The Morgan fingerprint density at radius 1 is 1.05 bits per heavy atom. The maximum Gasteiger partial charge on any atom is 0.233 e. The number of carbonyl (C=O) groups is 2. The second-order valence-corrected chi connectivity index (χ2v) is 5.48. The van der Waals surface area contributed by atoms with Gasteiger partial charge < -0.3 is 4.90 Å². The molecule has 1 aromatic rings. The first-order valence-corrected chi connectivity index (χ1v) is 6.99. The van der Waals surface area contributed by atoms with Crippen molar-refractivity contribution in [3.63, 3.8) is 0 Å². The number of carbonyl (C=O) groups excluding carboxylic acids is 2. The van der Waals surface area contributed by atoms with Crippen molar-refractivity contribution < 1.29 is 9.59 Å². The van der Waals surface area contributed by atoms with Crippen molar-refractivity contribution in [2.45, 2.75) is 26.7 Å². The average molecular weight is 259 g/mol. The molecule has 0 radical (unpaired) electrons. The Labute approximate surface area is 114 Å². The van der Waals surface area contributed by atoms with E-state index in [4.69, 9.17) is 0 Å². The van der Waals surface area contributed by atoms with Gasteiger partial charge >= 0.3 is 0 Å². The molecule has 1 fully saturated rings. The smallest absolute Gasteiger partial charge is 0.233 e. The van der Waals surface area contributed by atoms with Gasteiger partial charge in [-0.1, -0.05) is 44.2 Å². The molecule has 0 N–H and O–H groups in total. The topological polar surface area (TPSA) is 37.4 Å². The van der Waals surface area contributed by atoms with Gasteiger partial charge in [0.2, 0.25) is 5.91 Å². The molecule has 0 bridgehead atoms. The van der Waals surface area contributed by atoms with Gasteiger partial charge in [-0.15, -0.1) is 0 Å². The van der Waals surface area contributed by atoms with Crippen molar-refractivity contribution >= 4 is 11.7 Å². The minimum Gasteiger partial charge on any atom is -0.342 e. The molecule has 102 valence electrons. The summed E-state index contributed by atoms with van der Waals surface area (Å²) in [5.74, 6) is -0.560. The summed E-state index contributed by atoms with van der Waals surface area (Å²) < 4.78 is 0. The molecule has 1 saturated heterocycles. The van der Waals surface area contributed by atoms with E-state index in [-0.39, 0.29) is 17.6 Å². The van der Waals surface area contributed by atoms with Crippen molar-refractivity contribution in [3.05, 3.63) is 35.9 Å². The summed E-state index contributed by atoms with van der Waals surface area (Å²) in [5.41, 5.74) is 0.633. The van der Waals surface area contributed by atoms with E-state index >= 15 is 0 Å². The first-order valence-electron chi connectivity index (χ1n) is 6.99. The monoisotopic (exact) mass is 259 g/mol. The van der Waals surface area contributed by atoms with Crippen LogP contribution in [-0.4, -0.2) is 29.7 Å². The van der Waals surface area contributed by atoms with Crippen LogP contribution in [0.15, 0.2) is 30.3 Å². The van der Waals surface area contributed by atoms with Gasteiger partial charge in [-0.05, 0) is 18.8 Å². The highest BCUT2D eigenvalue weighted by Gasteiger charge is 2.34. The van der Waals surface area contributed by atoms with Crippen LogP contribution in [0.4, 0.5) is 0 Å².